The van der Waals surface area contributed by atoms with Crippen LogP contribution < -0.4 is 5.32 Å². The monoisotopic (exact) mass is 402 g/mol. The minimum atomic E-state index is -3.77. The molecule has 9 heteroatoms. The fourth-order valence-corrected chi connectivity index (χ4v) is 3.80. The van der Waals surface area contributed by atoms with Gasteiger partial charge in [0.2, 0.25) is 0 Å². The first-order valence-corrected chi connectivity index (χ1v) is 10.1. The number of nitrogens with one attached hydrogen (secondary N) is 1. The normalized spacial score (nSPS) is 12.1. The number of hydrogen-bond donors (Lipinski definition) is 1. The van der Waals surface area contributed by atoms with E-state index in [2.05, 4.69) is 15.3 Å². The van der Waals surface area contributed by atoms with Crippen LogP contribution in [0.15, 0.2) is 47.6 Å². The Morgan fingerprint density at radius 3 is 2.50 bits per heavy atom. The van der Waals surface area contributed by atoms with Crippen LogP contribution in [-0.2, 0) is 21.3 Å². The van der Waals surface area contributed by atoms with Crippen molar-refractivity contribution in [2.24, 2.45) is 0 Å². The average Bonchev–Trinajstić information content (AvgIpc) is 3.03. The molecule has 0 aliphatic rings. The molecule has 2 aromatic heterocycles. The van der Waals surface area contributed by atoms with Crippen molar-refractivity contribution in [3.63, 3.8) is 0 Å². The minimum absolute atomic E-state index is 0.119. The van der Waals surface area contributed by atoms with Crippen LogP contribution in [0, 0.1) is 6.92 Å². The molecule has 0 atom stereocenters. The molecule has 0 radical (unpaired) electrons. The summed E-state index contributed by atoms with van der Waals surface area (Å²) in [6.07, 6.45) is 2.29. The van der Waals surface area contributed by atoms with Gasteiger partial charge in [-0.1, -0.05) is 17.7 Å². The van der Waals surface area contributed by atoms with Crippen LogP contribution in [0.3, 0.4) is 0 Å². The van der Waals surface area contributed by atoms with Crippen LogP contribution in [-0.4, -0.2) is 34.1 Å². The number of fused-ring (bicyclic) bond motifs is 1. The Morgan fingerprint density at radius 2 is 1.86 bits per heavy atom. The summed E-state index contributed by atoms with van der Waals surface area (Å²) in [6.45, 7) is 7.33. The van der Waals surface area contributed by atoms with Crippen molar-refractivity contribution in [1.29, 1.82) is 0 Å². The SMILES string of the molecule is Cc1ccc(S(=O)(=O)n2ccc3nc(CNC(=O)OC(C)(C)C)cnc32)cc1. The number of amides is 1. The molecule has 0 unspecified atom stereocenters. The second kappa shape index (κ2) is 7.23. The first-order valence-electron chi connectivity index (χ1n) is 8.68. The van der Waals surface area contributed by atoms with Crippen molar-refractivity contribution < 1.29 is 17.9 Å². The summed E-state index contributed by atoms with van der Waals surface area (Å²) < 4.78 is 32.0. The average molecular weight is 402 g/mol. The van der Waals surface area contributed by atoms with E-state index in [-0.39, 0.29) is 17.1 Å². The van der Waals surface area contributed by atoms with E-state index in [4.69, 9.17) is 4.74 Å². The van der Waals surface area contributed by atoms with E-state index < -0.39 is 21.7 Å². The largest absolute Gasteiger partial charge is 0.444 e. The first kappa shape index (κ1) is 19.8. The van der Waals surface area contributed by atoms with Crippen molar-refractivity contribution in [2.45, 2.75) is 44.7 Å². The quantitative estimate of drug-likeness (QED) is 0.720. The smallest absolute Gasteiger partial charge is 0.407 e. The fourth-order valence-electron chi connectivity index (χ4n) is 2.51. The Morgan fingerprint density at radius 1 is 1.18 bits per heavy atom. The standard InChI is InChI=1S/C19H22N4O4S/c1-13-5-7-15(8-6-13)28(25,26)23-10-9-16-17(23)20-11-14(22-16)12-21-18(24)27-19(2,3)4/h5-11H,12H2,1-4H3,(H,21,24). The molecule has 1 amide bonds. The van der Waals surface area contributed by atoms with Crippen molar-refractivity contribution in [3.8, 4) is 0 Å². The van der Waals surface area contributed by atoms with Crippen molar-refractivity contribution in [2.75, 3.05) is 0 Å². The van der Waals surface area contributed by atoms with Gasteiger partial charge in [0.05, 0.1) is 23.3 Å². The molecular formula is C19H22N4O4S. The van der Waals surface area contributed by atoms with Crippen molar-refractivity contribution >= 4 is 27.3 Å². The molecule has 3 rings (SSSR count). The zero-order chi connectivity index (χ0) is 20.5. The first-order chi connectivity index (χ1) is 13.1. The second-order valence-electron chi connectivity index (χ2n) is 7.36. The van der Waals surface area contributed by atoms with E-state index in [0.29, 0.717) is 11.2 Å². The molecule has 0 aliphatic carbocycles. The third kappa shape index (κ3) is 4.30. The maximum Gasteiger partial charge on any atom is 0.407 e. The molecule has 2 heterocycles. The topological polar surface area (TPSA) is 103 Å². The predicted molar refractivity (Wildman–Crippen MR) is 104 cm³/mol. The molecule has 1 N–H and O–H groups in total. The number of alkyl carbamates (subject to hydrolysis) is 1. The van der Waals surface area contributed by atoms with Gasteiger partial charge >= 0.3 is 6.09 Å². The summed E-state index contributed by atoms with van der Waals surface area (Å²) in [7, 11) is -3.77. The van der Waals surface area contributed by atoms with Gasteiger partial charge in [-0.25, -0.2) is 27.2 Å². The molecular weight excluding hydrogens is 380 g/mol. The molecule has 3 aromatic rings. The molecule has 0 aliphatic heterocycles. The molecule has 1 aromatic carbocycles. The van der Waals surface area contributed by atoms with Crippen molar-refractivity contribution in [3.05, 3.63) is 54.0 Å². The number of aryl methyl sites for hydroxylation is 1. The second-order valence-corrected chi connectivity index (χ2v) is 9.17. The highest BCUT2D eigenvalue weighted by molar-refractivity contribution is 7.90. The van der Waals surface area contributed by atoms with Gasteiger partial charge in [-0.2, -0.15) is 0 Å². The summed E-state index contributed by atoms with van der Waals surface area (Å²) in [5.74, 6) is 0. The Hall–Kier alpha value is -2.94. The Labute approximate surface area is 163 Å². The van der Waals surface area contributed by atoms with E-state index in [1.165, 1.54) is 12.4 Å². The fraction of sp³-hybridized carbons (Fsp3) is 0.316. The minimum Gasteiger partial charge on any atom is -0.444 e. The third-order valence-corrected chi connectivity index (χ3v) is 5.48. The molecule has 0 spiro atoms. The summed E-state index contributed by atoms with van der Waals surface area (Å²) in [5.41, 5.74) is 1.50. The number of carbonyl (C=O) groups is 1. The number of benzene rings is 1. The molecule has 0 saturated heterocycles. The molecule has 0 bridgehead atoms. The summed E-state index contributed by atoms with van der Waals surface area (Å²) in [6, 6.07) is 8.17. The maximum atomic E-state index is 12.9. The molecule has 28 heavy (non-hydrogen) atoms. The lowest BCUT2D eigenvalue weighted by molar-refractivity contribution is 0.0523. The molecule has 0 fully saturated rings. The maximum absolute atomic E-state index is 12.9. The summed E-state index contributed by atoms with van der Waals surface area (Å²) >= 11 is 0. The number of rotatable bonds is 4. The van der Waals surface area contributed by atoms with E-state index in [1.807, 2.05) is 6.92 Å². The third-order valence-electron chi connectivity index (χ3n) is 3.80. The van der Waals surface area contributed by atoms with Crippen LogP contribution in [0.1, 0.15) is 32.0 Å². The van der Waals surface area contributed by atoms with Gasteiger partial charge in [-0.15, -0.1) is 0 Å². The zero-order valence-corrected chi connectivity index (χ0v) is 16.9. The van der Waals surface area contributed by atoms with Gasteiger partial charge in [0.15, 0.2) is 5.65 Å². The number of aromatic nitrogens is 3. The zero-order valence-electron chi connectivity index (χ0n) is 16.1. The van der Waals surface area contributed by atoms with Gasteiger partial charge in [0.1, 0.15) is 11.1 Å². The molecule has 8 nitrogen and oxygen atoms in total. The highest BCUT2D eigenvalue weighted by Crippen LogP contribution is 2.20. The lowest BCUT2D eigenvalue weighted by Gasteiger charge is -2.19. The molecule has 0 saturated carbocycles. The van der Waals surface area contributed by atoms with Crippen LogP contribution in [0.2, 0.25) is 0 Å². The van der Waals surface area contributed by atoms with Crippen LogP contribution >= 0.6 is 0 Å². The van der Waals surface area contributed by atoms with E-state index in [0.717, 1.165) is 9.54 Å². The summed E-state index contributed by atoms with van der Waals surface area (Å²) in [4.78, 5) is 20.5. The number of carbonyl (C=O) groups excluding carboxylic acids is 1. The van der Waals surface area contributed by atoms with Gasteiger partial charge in [0.25, 0.3) is 10.0 Å². The number of hydrogen-bond acceptors (Lipinski definition) is 6. The predicted octanol–water partition coefficient (Wildman–Crippen LogP) is 3.00. The lowest BCUT2D eigenvalue weighted by atomic mass is 10.2. The highest BCUT2D eigenvalue weighted by atomic mass is 32.2. The Kier molecular flexibility index (Phi) is 5.12. The van der Waals surface area contributed by atoms with Crippen LogP contribution in [0.25, 0.3) is 11.2 Å². The molecule has 148 valence electrons. The Bertz CT molecular complexity index is 1110. The van der Waals surface area contributed by atoms with Crippen LogP contribution in [0.4, 0.5) is 4.79 Å². The van der Waals surface area contributed by atoms with Crippen molar-refractivity contribution in [1.82, 2.24) is 19.3 Å². The lowest BCUT2D eigenvalue weighted by Crippen LogP contribution is -2.32. The van der Waals surface area contributed by atoms with Gasteiger partial charge < -0.3 is 10.1 Å². The summed E-state index contributed by atoms with van der Waals surface area (Å²) in [5, 5.41) is 2.60. The van der Waals surface area contributed by atoms with Gasteiger partial charge in [0, 0.05) is 6.20 Å². The van der Waals surface area contributed by atoms with Crippen LogP contribution in [0.5, 0.6) is 0 Å². The highest BCUT2D eigenvalue weighted by Gasteiger charge is 2.20. The van der Waals surface area contributed by atoms with Gasteiger partial charge in [-0.05, 0) is 45.9 Å². The van der Waals surface area contributed by atoms with E-state index >= 15 is 0 Å². The number of ether oxygens (including phenoxy) is 1. The van der Waals surface area contributed by atoms with Gasteiger partial charge in [-0.3, -0.25) is 0 Å². The number of nitrogens with zero attached hydrogens (tertiary/aromatic N) is 3. The van der Waals surface area contributed by atoms with E-state index in [1.54, 1.807) is 51.1 Å². The van der Waals surface area contributed by atoms with E-state index in [9.17, 15) is 13.2 Å². The Balaban J connectivity index is 1.83.